The van der Waals surface area contributed by atoms with Crippen molar-refractivity contribution in [3.05, 3.63) is 176 Å². The zero-order valence-corrected chi connectivity index (χ0v) is 32.8. The lowest BCUT2D eigenvalue weighted by molar-refractivity contribution is 0.673. The van der Waals surface area contributed by atoms with Gasteiger partial charge in [0.1, 0.15) is 19.2 Å². The average Bonchev–Trinajstić information content (AvgIpc) is 3.88. The van der Waals surface area contributed by atoms with Gasteiger partial charge in [-0.2, -0.15) is 0 Å². The van der Waals surface area contributed by atoms with Gasteiger partial charge < -0.3 is 9.32 Å². The molecule has 0 N–H and O–H groups in total. The van der Waals surface area contributed by atoms with Crippen molar-refractivity contribution >= 4 is 111 Å². The Morgan fingerprint density at radius 3 is 2.02 bits per heavy atom. The monoisotopic (exact) mass is 749 g/mol. The van der Waals surface area contributed by atoms with Gasteiger partial charge in [0, 0.05) is 53.4 Å². The van der Waals surface area contributed by atoms with Gasteiger partial charge in [0.25, 0.3) is 0 Å². The van der Waals surface area contributed by atoms with Crippen molar-refractivity contribution in [3.8, 4) is 22.3 Å². The van der Waals surface area contributed by atoms with Crippen molar-refractivity contribution < 1.29 is 4.42 Å². The molecule has 0 aliphatic carbocycles. The van der Waals surface area contributed by atoms with Crippen LogP contribution in [-0.2, 0) is 0 Å². The third-order valence-electron chi connectivity index (χ3n) is 12.2. The van der Waals surface area contributed by atoms with Crippen LogP contribution in [0.25, 0.3) is 85.9 Å². The summed E-state index contributed by atoms with van der Waals surface area (Å²) in [4.78, 5) is 2.46. The Morgan fingerprint density at radius 1 is 0.446 bits per heavy atom. The normalized spacial score (nSPS) is 13.3. The Bertz CT molecular complexity index is 3410. The smallest absolute Gasteiger partial charge is 0.143 e. The van der Waals surface area contributed by atoms with E-state index in [1.165, 1.54) is 85.4 Å². The molecule has 0 atom stereocenters. The van der Waals surface area contributed by atoms with E-state index < -0.39 is 8.07 Å². The van der Waals surface area contributed by atoms with Crippen LogP contribution in [0.3, 0.4) is 0 Å². The van der Waals surface area contributed by atoms with E-state index in [1.807, 2.05) is 11.3 Å². The summed E-state index contributed by atoms with van der Waals surface area (Å²) in [5, 5.41) is 12.8. The standard InChI is InChI=1S/C52H35NOSSi/c1-56(2)48-14-8-7-13-41(48)42-25-22-39(31-49(42)56)53(37-20-17-33(18-21-37)36-16-15-32-9-3-4-11-35(32)29-36)38-23-26-43-47(30-38)55-46-28-27-45-50(51(43)46)44-24-19-34-10-5-6-12-40(34)52(44)54-45/h3-31H,1-2H3. The lowest BCUT2D eigenvalue weighted by Crippen LogP contribution is -2.49. The number of hydrogen-bond donors (Lipinski definition) is 0. The number of rotatable bonds is 4. The van der Waals surface area contributed by atoms with Gasteiger partial charge in [0.2, 0.25) is 0 Å². The van der Waals surface area contributed by atoms with E-state index in [9.17, 15) is 0 Å². The highest BCUT2D eigenvalue weighted by Gasteiger charge is 2.37. The SMILES string of the molecule is C[Si]1(C)c2ccccc2-c2ccc(N(c3ccc(-c4ccc5ccccc5c4)cc3)c3ccc4c(c3)sc3ccc5oc6c7ccccc7ccc6c5c34)cc21. The van der Waals surface area contributed by atoms with Crippen LogP contribution in [0.1, 0.15) is 0 Å². The molecule has 0 saturated carbocycles. The van der Waals surface area contributed by atoms with E-state index in [0.717, 1.165) is 27.9 Å². The van der Waals surface area contributed by atoms with Crippen LogP contribution >= 0.6 is 11.3 Å². The molecule has 1 aliphatic heterocycles. The van der Waals surface area contributed by atoms with Crippen molar-refractivity contribution in [3.63, 3.8) is 0 Å². The molecular weight excluding hydrogens is 715 g/mol. The molecule has 0 radical (unpaired) electrons. The van der Waals surface area contributed by atoms with Crippen molar-refractivity contribution in [1.82, 2.24) is 0 Å². The van der Waals surface area contributed by atoms with Gasteiger partial charge in [-0.25, -0.2) is 0 Å². The minimum absolute atomic E-state index is 0.937. The van der Waals surface area contributed by atoms with E-state index in [-0.39, 0.29) is 0 Å². The molecule has 0 spiro atoms. The minimum atomic E-state index is -1.89. The van der Waals surface area contributed by atoms with Gasteiger partial charge in [-0.3, -0.25) is 0 Å². The summed E-state index contributed by atoms with van der Waals surface area (Å²) in [7, 11) is -1.89. The number of furan rings is 1. The topological polar surface area (TPSA) is 16.4 Å². The second kappa shape index (κ2) is 11.8. The van der Waals surface area contributed by atoms with Crippen molar-refractivity contribution in [2.24, 2.45) is 0 Å². The first-order valence-corrected chi connectivity index (χ1v) is 23.1. The van der Waals surface area contributed by atoms with Gasteiger partial charge in [-0.1, -0.05) is 128 Å². The van der Waals surface area contributed by atoms with E-state index >= 15 is 0 Å². The summed E-state index contributed by atoms with van der Waals surface area (Å²) in [6.45, 7) is 4.99. The van der Waals surface area contributed by atoms with Crippen LogP contribution in [0.15, 0.2) is 180 Å². The highest BCUT2D eigenvalue weighted by Crippen LogP contribution is 2.46. The second-order valence-corrected chi connectivity index (χ2v) is 21.1. The Labute approximate surface area is 329 Å². The third-order valence-corrected chi connectivity index (χ3v) is 16.9. The molecule has 0 amide bonds. The van der Waals surface area contributed by atoms with Crippen molar-refractivity contribution in [2.45, 2.75) is 13.1 Å². The summed E-state index contributed by atoms with van der Waals surface area (Å²) >= 11 is 1.86. The van der Waals surface area contributed by atoms with Gasteiger partial charge in [0.05, 0.1) is 0 Å². The summed E-state index contributed by atoms with van der Waals surface area (Å²) in [6, 6.07) is 65.1. The molecule has 11 aromatic rings. The molecule has 4 heteroatoms. The Hall–Kier alpha value is -6.46. The fraction of sp³-hybridized carbons (Fsp3) is 0.0385. The third kappa shape index (κ3) is 4.60. The lowest BCUT2D eigenvalue weighted by atomic mass is 10.0. The number of benzene rings is 9. The number of thiophene rings is 1. The van der Waals surface area contributed by atoms with Crippen LogP contribution in [0, 0.1) is 0 Å². The molecule has 0 saturated heterocycles. The summed E-state index contributed by atoms with van der Waals surface area (Å²) in [6.07, 6.45) is 0. The van der Waals surface area contributed by atoms with E-state index in [0.29, 0.717) is 0 Å². The number of fused-ring (bicyclic) bond motifs is 13. The minimum Gasteiger partial charge on any atom is -0.455 e. The Balaban J connectivity index is 1.03. The highest BCUT2D eigenvalue weighted by molar-refractivity contribution is 7.26. The maximum atomic E-state index is 6.61. The predicted octanol–water partition coefficient (Wildman–Crippen LogP) is 14.2. The van der Waals surface area contributed by atoms with Crippen LogP contribution in [0.2, 0.25) is 13.1 Å². The van der Waals surface area contributed by atoms with Gasteiger partial charge in [-0.05, 0) is 109 Å². The van der Waals surface area contributed by atoms with Gasteiger partial charge in [-0.15, -0.1) is 11.3 Å². The molecule has 0 unspecified atom stereocenters. The molecule has 3 heterocycles. The maximum Gasteiger partial charge on any atom is 0.143 e. The first kappa shape index (κ1) is 31.8. The second-order valence-electron chi connectivity index (χ2n) is 15.7. The number of hydrogen-bond acceptors (Lipinski definition) is 3. The van der Waals surface area contributed by atoms with Crippen molar-refractivity contribution in [1.29, 1.82) is 0 Å². The van der Waals surface area contributed by atoms with E-state index in [4.69, 9.17) is 4.42 Å². The molecule has 0 bridgehead atoms. The molecule has 2 nitrogen and oxygen atoms in total. The summed E-state index contributed by atoms with van der Waals surface area (Å²) < 4.78 is 9.15. The Kier molecular flexibility index (Phi) is 6.69. The molecule has 1 aliphatic rings. The van der Waals surface area contributed by atoms with E-state index in [1.54, 1.807) is 0 Å². The first-order chi connectivity index (χ1) is 27.5. The number of anilines is 3. The zero-order chi connectivity index (χ0) is 37.1. The number of nitrogens with zero attached hydrogens (tertiary/aromatic N) is 1. The molecule has 12 rings (SSSR count). The van der Waals surface area contributed by atoms with Gasteiger partial charge >= 0.3 is 0 Å². The fourth-order valence-electron chi connectivity index (χ4n) is 9.44. The summed E-state index contributed by atoms with van der Waals surface area (Å²) in [5.41, 5.74) is 10.6. The molecule has 2 aromatic heterocycles. The first-order valence-electron chi connectivity index (χ1n) is 19.3. The fourth-order valence-corrected chi connectivity index (χ4v) is 13.7. The zero-order valence-electron chi connectivity index (χ0n) is 31.0. The van der Waals surface area contributed by atoms with Crippen LogP contribution in [-0.4, -0.2) is 8.07 Å². The van der Waals surface area contributed by atoms with Crippen LogP contribution in [0.4, 0.5) is 17.1 Å². The summed E-state index contributed by atoms with van der Waals surface area (Å²) in [5.74, 6) is 0. The molecule has 56 heavy (non-hydrogen) atoms. The maximum absolute atomic E-state index is 6.61. The average molecular weight is 750 g/mol. The van der Waals surface area contributed by atoms with Crippen LogP contribution < -0.4 is 15.3 Å². The lowest BCUT2D eigenvalue weighted by Gasteiger charge is -2.28. The van der Waals surface area contributed by atoms with E-state index in [2.05, 4.69) is 194 Å². The molecule has 9 aromatic carbocycles. The Morgan fingerprint density at radius 2 is 1.12 bits per heavy atom. The predicted molar refractivity (Wildman–Crippen MR) is 244 cm³/mol. The van der Waals surface area contributed by atoms with Gasteiger partial charge in [0.15, 0.2) is 0 Å². The molecular formula is C52H35NOSSi. The molecule has 264 valence electrons. The highest BCUT2D eigenvalue weighted by atomic mass is 32.1. The quantitative estimate of drug-likeness (QED) is 0.167. The molecule has 0 fully saturated rings. The van der Waals surface area contributed by atoms with Crippen LogP contribution in [0.5, 0.6) is 0 Å². The largest absolute Gasteiger partial charge is 0.455 e. The van der Waals surface area contributed by atoms with Crippen molar-refractivity contribution in [2.75, 3.05) is 4.90 Å².